The Labute approximate surface area is 154 Å². The van der Waals surface area contributed by atoms with Gasteiger partial charge in [-0.25, -0.2) is 0 Å². The summed E-state index contributed by atoms with van der Waals surface area (Å²) >= 11 is 0. The molecule has 1 amide bonds. The van der Waals surface area contributed by atoms with Crippen LogP contribution < -0.4 is 5.32 Å². The van der Waals surface area contributed by atoms with Crippen molar-refractivity contribution in [2.24, 2.45) is 18.9 Å². The molecule has 138 valence electrons. The van der Waals surface area contributed by atoms with Gasteiger partial charge < -0.3 is 10.2 Å². The molecule has 2 aromatic heterocycles. The van der Waals surface area contributed by atoms with Crippen LogP contribution in [0.15, 0.2) is 36.9 Å². The molecule has 1 saturated heterocycles. The van der Waals surface area contributed by atoms with Gasteiger partial charge in [0.05, 0.1) is 12.2 Å². The molecule has 1 unspecified atom stereocenters. The van der Waals surface area contributed by atoms with E-state index in [4.69, 9.17) is 0 Å². The number of nitrogens with one attached hydrogen (secondary N) is 1. The molecule has 0 spiro atoms. The standard InChI is InChI=1S/C20H27N5O/c1-24-13-17(12-23-24)20-16(9-18(26)25(20)2)11-22-19(14-5-3-6-14)15-7-4-8-21-10-15/h4,7-8,10,12-14,16,19-20,22H,3,5-6,9,11H2,1-2H3/t16-,19?,20+/m0/s1. The van der Waals surface area contributed by atoms with Gasteiger partial charge in [-0.1, -0.05) is 12.5 Å². The molecule has 0 radical (unpaired) electrons. The second kappa shape index (κ2) is 7.19. The molecular weight excluding hydrogens is 326 g/mol. The van der Waals surface area contributed by atoms with Crippen LogP contribution in [0.5, 0.6) is 0 Å². The largest absolute Gasteiger partial charge is 0.338 e. The number of nitrogens with zero attached hydrogens (tertiary/aromatic N) is 4. The average molecular weight is 353 g/mol. The van der Waals surface area contributed by atoms with E-state index in [2.05, 4.69) is 21.5 Å². The zero-order valence-corrected chi connectivity index (χ0v) is 15.5. The van der Waals surface area contributed by atoms with Crippen molar-refractivity contribution in [3.63, 3.8) is 0 Å². The first-order valence-corrected chi connectivity index (χ1v) is 9.51. The summed E-state index contributed by atoms with van der Waals surface area (Å²) in [5.41, 5.74) is 2.38. The fraction of sp³-hybridized carbons (Fsp3) is 0.550. The van der Waals surface area contributed by atoms with Crippen molar-refractivity contribution in [2.75, 3.05) is 13.6 Å². The van der Waals surface area contributed by atoms with Gasteiger partial charge in [-0.3, -0.25) is 14.5 Å². The van der Waals surface area contributed by atoms with Gasteiger partial charge in [0.2, 0.25) is 5.91 Å². The molecular formula is C20H27N5O. The lowest BCUT2D eigenvalue weighted by Gasteiger charge is -2.36. The van der Waals surface area contributed by atoms with E-state index in [1.807, 2.05) is 54.5 Å². The summed E-state index contributed by atoms with van der Waals surface area (Å²) in [6, 6.07) is 4.59. The highest BCUT2D eigenvalue weighted by molar-refractivity contribution is 5.79. The number of aryl methyl sites for hydroxylation is 1. The van der Waals surface area contributed by atoms with Crippen molar-refractivity contribution < 1.29 is 4.79 Å². The molecule has 6 nitrogen and oxygen atoms in total. The number of hydrogen-bond donors (Lipinski definition) is 1. The summed E-state index contributed by atoms with van der Waals surface area (Å²) in [6.45, 7) is 0.825. The third-order valence-corrected chi connectivity index (χ3v) is 6.03. The minimum atomic E-state index is 0.0969. The minimum Gasteiger partial charge on any atom is -0.338 e. The Bertz CT molecular complexity index is 755. The summed E-state index contributed by atoms with van der Waals surface area (Å²) in [4.78, 5) is 18.5. The lowest BCUT2D eigenvalue weighted by atomic mass is 9.77. The summed E-state index contributed by atoms with van der Waals surface area (Å²) in [7, 11) is 3.83. The molecule has 6 heteroatoms. The zero-order chi connectivity index (χ0) is 18.1. The lowest BCUT2D eigenvalue weighted by Crippen LogP contribution is -2.36. The zero-order valence-electron chi connectivity index (χ0n) is 15.5. The van der Waals surface area contributed by atoms with Crippen LogP contribution in [0.2, 0.25) is 0 Å². The topological polar surface area (TPSA) is 63.1 Å². The van der Waals surface area contributed by atoms with Gasteiger partial charge in [0.25, 0.3) is 0 Å². The first-order chi connectivity index (χ1) is 12.6. The number of carbonyl (C=O) groups excluding carboxylic acids is 1. The SMILES string of the molecule is CN1C(=O)C[C@@H](CNC(c2cccnc2)C2CCC2)[C@@H]1c1cnn(C)c1. The van der Waals surface area contributed by atoms with Crippen LogP contribution in [0.4, 0.5) is 0 Å². The second-order valence-electron chi connectivity index (χ2n) is 7.72. The molecule has 1 aliphatic carbocycles. The summed E-state index contributed by atoms with van der Waals surface area (Å²) in [6.07, 6.45) is 12.1. The fourth-order valence-electron chi connectivity index (χ4n) is 4.39. The number of aromatic nitrogens is 3. The quantitative estimate of drug-likeness (QED) is 0.866. The van der Waals surface area contributed by atoms with Crippen LogP contribution in [0.25, 0.3) is 0 Å². The molecule has 3 heterocycles. The van der Waals surface area contributed by atoms with Crippen molar-refractivity contribution in [1.29, 1.82) is 0 Å². The molecule has 1 aliphatic heterocycles. The Kier molecular flexibility index (Phi) is 4.76. The van der Waals surface area contributed by atoms with Gasteiger partial charge in [0, 0.05) is 63.2 Å². The first kappa shape index (κ1) is 17.2. The Morgan fingerprint density at radius 3 is 2.77 bits per heavy atom. The molecule has 2 aliphatic rings. The van der Waals surface area contributed by atoms with E-state index in [-0.39, 0.29) is 17.9 Å². The van der Waals surface area contributed by atoms with Crippen LogP contribution >= 0.6 is 0 Å². The number of carbonyl (C=O) groups is 1. The van der Waals surface area contributed by atoms with E-state index in [0.717, 1.165) is 12.1 Å². The Morgan fingerprint density at radius 1 is 1.31 bits per heavy atom. The molecule has 1 N–H and O–H groups in total. The minimum absolute atomic E-state index is 0.0969. The number of likely N-dealkylation sites (tertiary alicyclic amines) is 1. The van der Waals surface area contributed by atoms with Crippen molar-refractivity contribution >= 4 is 5.91 Å². The third kappa shape index (κ3) is 3.26. The Hall–Kier alpha value is -2.21. The number of amides is 1. The first-order valence-electron chi connectivity index (χ1n) is 9.51. The van der Waals surface area contributed by atoms with Gasteiger partial charge >= 0.3 is 0 Å². The number of pyridine rings is 1. The maximum absolute atomic E-state index is 12.4. The van der Waals surface area contributed by atoms with E-state index in [1.54, 1.807) is 0 Å². The highest BCUT2D eigenvalue weighted by Gasteiger charge is 2.39. The van der Waals surface area contributed by atoms with Gasteiger partial charge in [0.15, 0.2) is 0 Å². The van der Waals surface area contributed by atoms with Gasteiger partial charge in [-0.2, -0.15) is 5.10 Å². The molecule has 2 aromatic rings. The van der Waals surface area contributed by atoms with Crippen molar-refractivity contribution in [1.82, 2.24) is 25.0 Å². The molecule has 0 bridgehead atoms. The molecule has 0 aromatic carbocycles. The second-order valence-corrected chi connectivity index (χ2v) is 7.72. The van der Waals surface area contributed by atoms with Crippen LogP contribution in [0.3, 0.4) is 0 Å². The van der Waals surface area contributed by atoms with E-state index in [0.29, 0.717) is 18.4 Å². The Morgan fingerprint density at radius 2 is 2.15 bits per heavy atom. The van der Waals surface area contributed by atoms with Crippen molar-refractivity contribution in [3.05, 3.63) is 48.0 Å². The van der Waals surface area contributed by atoms with Gasteiger partial charge in [-0.05, 0) is 30.4 Å². The smallest absolute Gasteiger partial charge is 0.223 e. The summed E-state index contributed by atoms with van der Waals surface area (Å²) in [5.74, 6) is 1.15. The maximum atomic E-state index is 12.4. The molecule has 4 rings (SSSR count). The highest BCUT2D eigenvalue weighted by Crippen LogP contribution is 2.40. The maximum Gasteiger partial charge on any atom is 0.223 e. The highest BCUT2D eigenvalue weighted by atomic mass is 16.2. The number of rotatable bonds is 6. The predicted octanol–water partition coefficient (Wildman–Crippen LogP) is 2.47. The monoisotopic (exact) mass is 353 g/mol. The van der Waals surface area contributed by atoms with Crippen LogP contribution in [-0.2, 0) is 11.8 Å². The van der Waals surface area contributed by atoms with Crippen LogP contribution in [0.1, 0.15) is 48.9 Å². The van der Waals surface area contributed by atoms with E-state index in [1.165, 1.54) is 24.8 Å². The van der Waals surface area contributed by atoms with Gasteiger partial charge in [0.1, 0.15) is 0 Å². The van der Waals surface area contributed by atoms with E-state index in [9.17, 15) is 4.79 Å². The molecule has 1 saturated carbocycles. The van der Waals surface area contributed by atoms with Crippen molar-refractivity contribution in [3.8, 4) is 0 Å². The Balaban J connectivity index is 1.50. The summed E-state index contributed by atoms with van der Waals surface area (Å²) < 4.78 is 1.81. The third-order valence-electron chi connectivity index (χ3n) is 6.03. The normalized spacial score (nSPS) is 24.7. The number of hydrogen-bond acceptors (Lipinski definition) is 4. The van der Waals surface area contributed by atoms with Crippen LogP contribution in [-0.4, -0.2) is 39.2 Å². The average Bonchev–Trinajstić information content (AvgIpc) is 3.14. The predicted molar refractivity (Wildman–Crippen MR) is 99.1 cm³/mol. The summed E-state index contributed by atoms with van der Waals surface area (Å²) in [5, 5.41) is 8.08. The fourth-order valence-corrected chi connectivity index (χ4v) is 4.39. The molecule has 26 heavy (non-hydrogen) atoms. The van der Waals surface area contributed by atoms with Crippen molar-refractivity contribution in [2.45, 2.75) is 37.8 Å². The molecule has 3 atom stereocenters. The van der Waals surface area contributed by atoms with Crippen LogP contribution in [0, 0.1) is 11.8 Å². The lowest BCUT2D eigenvalue weighted by molar-refractivity contribution is -0.127. The molecule has 2 fully saturated rings. The van der Waals surface area contributed by atoms with E-state index >= 15 is 0 Å². The van der Waals surface area contributed by atoms with Gasteiger partial charge in [-0.15, -0.1) is 0 Å². The van der Waals surface area contributed by atoms with E-state index < -0.39 is 0 Å².